The van der Waals surface area contributed by atoms with Crippen LogP contribution in [0, 0.1) is 37.5 Å². The molecule has 0 bridgehead atoms. The molecule has 11 nitrogen and oxygen atoms in total. The lowest BCUT2D eigenvalue weighted by Crippen LogP contribution is -2.53. The first kappa shape index (κ1) is 38.2. The summed E-state index contributed by atoms with van der Waals surface area (Å²) >= 11 is 12.6. The SMILES string of the molecule is Cc1cc([C@H]2C3=CC[C@@H]4C(=O)N(c5cccc(C(=O)O)c5)C(=O)[C@@H]4[C@@H]3C[C@H]3C(=O)N(Nc4ncc(C(F)(F)F)cc4Cl)C(=O)[C@@]23c2ccc(Cl)cc2)cc(C)c1O. The summed E-state index contributed by atoms with van der Waals surface area (Å²) in [4.78, 5) is 75.5. The molecule has 3 N–H and O–H groups in total. The number of halogens is 5. The molecule has 4 amide bonds. The lowest BCUT2D eigenvalue weighted by atomic mass is 9.49. The smallest absolute Gasteiger partial charge is 0.417 e. The van der Waals surface area contributed by atoms with Crippen molar-refractivity contribution in [3.8, 4) is 5.75 Å². The number of hydrogen-bond donors (Lipinski definition) is 3. The van der Waals surface area contributed by atoms with Crippen molar-refractivity contribution in [3.63, 3.8) is 0 Å². The molecule has 3 fully saturated rings. The highest BCUT2D eigenvalue weighted by molar-refractivity contribution is 6.33. The Balaban J connectivity index is 1.32. The topological polar surface area (TPSA) is 157 Å². The number of nitrogens with zero attached hydrogens (tertiary/aromatic N) is 3. The van der Waals surface area contributed by atoms with Gasteiger partial charge in [-0.15, -0.1) is 0 Å². The minimum Gasteiger partial charge on any atom is -0.507 e. The van der Waals surface area contributed by atoms with Crippen LogP contribution >= 0.6 is 23.2 Å². The number of fused-ring (bicyclic) bond motifs is 4. The number of amides is 4. The molecule has 0 spiro atoms. The monoisotopic (exact) mass is 818 g/mol. The summed E-state index contributed by atoms with van der Waals surface area (Å²) in [5.74, 6) is -9.22. The quantitative estimate of drug-likeness (QED) is 0.132. The number of phenolic OH excluding ortho intramolecular Hbond substituents is 1. The second kappa shape index (κ2) is 13.4. The highest BCUT2D eigenvalue weighted by atomic mass is 35.5. The second-order valence-electron chi connectivity index (χ2n) is 14.8. The fourth-order valence-corrected chi connectivity index (χ4v) is 9.68. The van der Waals surface area contributed by atoms with Crippen molar-refractivity contribution in [2.45, 2.75) is 44.2 Å². The average Bonchev–Trinajstić information content (AvgIpc) is 3.54. The Hall–Kier alpha value is -5.73. The van der Waals surface area contributed by atoms with Crippen molar-refractivity contribution in [1.29, 1.82) is 0 Å². The lowest BCUT2D eigenvalue weighted by Gasteiger charge is -2.50. The Labute approximate surface area is 332 Å². The largest absolute Gasteiger partial charge is 0.507 e. The van der Waals surface area contributed by atoms with Crippen molar-refractivity contribution in [2.75, 3.05) is 10.3 Å². The van der Waals surface area contributed by atoms with Crippen molar-refractivity contribution in [3.05, 3.63) is 128 Å². The van der Waals surface area contributed by atoms with Gasteiger partial charge in [0.05, 0.1) is 45.0 Å². The van der Waals surface area contributed by atoms with Crippen LogP contribution in [0.3, 0.4) is 0 Å². The first-order valence-electron chi connectivity index (χ1n) is 17.8. The molecule has 1 aromatic heterocycles. The van der Waals surface area contributed by atoms with Gasteiger partial charge in [-0.1, -0.05) is 65.2 Å². The van der Waals surface area contributed by atoms with E-state index in [1.54, 1.807) is 50.2 Å². The van der Waals surface area contributed by atoms with E-state index in [1.165, 1.54) is 24.3 Å². The number of hydrogen-bond acceptors (Lipinski definition) is 8. The van der Waals surface area contributed by atoms with Gasteiger partial charge in [-0.05, 0) is 91.3 Å². The zero-order valence-corrected chi connectivity index (χ0v) is 31.5. The molecule has 3 heterocycles. The number of benzene rings is 3. The Bertz CT molecular complexity index is 2450. The molecule has 6 atom stereocenters. The Morgan fingerprint density at radius 3 is 2.25 bits per heavy atom. The van der Waals surface area contributed by atoms with Crippen LogP contribution in [0.4, 0.5) is 24.7 Å². The van der Waals surface area contributed by atoms with E-state index in [0.29, 0.717) is 50.1 Å². The first-order chi connectivity index (χ1) is 26.9. The number of anilines is 2. The molecule has 0 unspecified atom stereocenters. The third kappa shape index (κ3) is 5.79. The van der Waals surface area contributed by atoms with Gasteiger partial charge in [0.2, 0.25) is 11.8 Å². The average molecular weight is 820 g/mol. The normalized spacial score (nSPS) is 25.6. The number of nitrogens with one attached hydrogen (secondary N) is 1. The van der Waals surface area contributed by atoms with Crippen LogP contribution in [0.2, 0.25) is 10.0 Å². The summed E-state index contributed by atoms with van der Waals surface area (Å²) in [6.45, 7) is 3.36. The number of alkyl halides is 3. The Morgan fingerprint density at radius 1 is 0.930 bits per heavy atom. The van der Waals surface area contributed by atoms with E-state index in [9.17, 15) is 42.6 Å². The van der Waals surface area contributed by atoms with E-state index in [1.807, 2.05) is 6.08 Å². The molecule has 292 valence electrons. The molecular formula is C41H31Cl2F3N4O7. The van der Waals surface area contributed by atoms with Gasteiger partial charge in [0, 0.05) is 17.1 Å². The number of carbonyl (C=O) groups is 5. The van der Waals surface area contributed by atoms with Crippen LogP contribution in [0.5, 0.6) is 5.75 Å². The third-order valence-electron chi connectivity index (χ3n) is 11.8. The van der Waals surface area contributed by atoms with E-state index in [4.69, 9.17) is 23.2 Å². The van der Waals surface area contributed by atoms with Gasteiger partial charge < -0.3 is 10.2 Å². The molecule has 2 aliphatic heterocycles. The standard InChI is InChI=1S/C41H31Cl2F3N4O7/c1-18-12-21(13-19(2)33(18)51)32-26-10-11-27-31(37(54)49(35(27)52)25-5-3-4-20(14-25)38(55)56)28(26)16-29-36(53)50(39(57)40(29,32)22-6-8-24(42)9-7-22)48-34-30(43)15-23(17-47-34)41(44,45)46/h3-10,12-15,17,27-29,31-32,51H,11,16H2,1-2H3,(H,47,48)(H,55,56)/t27-,28+,29-,31-,32-,40+/m0/s1. The number of rotatable bonds is 6. The van der Waals surface area contributed by atoms with Crippen LogP contribution in [0.15, 0.2) is 84.6 Å². The van der Waals surface area contributed by atoms with Gasteiger partial charge in [0.15, 0.2) is 5.82 Å². The summed E-state index contributed by atoms with van der Waals surface area (Å²) in [5, 5.41) is 21.0. The number of allylic oxidation sites excluding steroid dienone is 2. The van der Waals surface area contributed by atoms with Gasteiger partial charge in [0.25, 0.3) is 11.8 Å². The van der Waals surface area contributed by atoms with Gasteiger partial charge in [-0.3, -0.25) is 29.5 Å². The number of aromatic carboxylic acids is 1. The van der Waals surface area contributed by atoms with Crippen LogP contribution in [-0.4, -0.2) is 49.8 Å². The Morgan fingerprint density at radius 2 is 1.61 bits per heavy atom. The van der Waals surface area contributed by atoms with E-state index < -0.39 is 87.2 Å². The number of aromatic hydroxyl groups is 1. The maximum Gasteiger partial charge on any atom is 0.417 e. The number of carboxylic acid groups (broad SMARTS) is 1. The number of phenols is 1. The summed E-state index contributed by atoms with van der Waals surface area (Å²) in [7, 11) is 0. The van der Waals surface area contributed by atoms with Crippen LogP contribution in [-0.2, 0) is 30.8 Å². The van der Waals surface area contributed by atoms with E-state index in [2.05, 4.69) is 10.4 Å². The third-order valence-corrected chi connectivity index (χ3v) is 12.3. The highest BCUT2D eigenvalue weighted by Gasteiger charge is 2.70. The maximum atomic E-state index is 15.4. The molecule has 4 aromatic rings. The van der Waals surface area contributed by atoms with Crippen molar-refractivity contribution in [1.82, 2.24) is 9.99 Å². The molecule has 2 aliphatic carbocycles. The number of hydrazine groups is 1. The van der Waals surface area contributed by atoms with E-state index in [-0.39, 0.29) is 29.8 Å². The number of aryl methyl sites for hydroxylation is 2. The first-order valence-corrected chi connectivity index (χ1v) is 18.6. The van der Waals surface area contributed by atoms with Gasteiger partial charge >= 0.3 is 12.1 Å². The Kier molecular flexibility index (Phi) is 9.00. The lowest BCUT2D eigenvalue weighted by molar-refractivity contribution is -0.139. The predicted molar refractivity (Wildman–Crippen MR) is 200 cm³/mol. The van der Waals surface area contributed by atoms with Crippen LogP contribution in [0.1, 0.15) is 56.9 Å². The molecule has 57 heavy (non-hydrogen) atoms. The molecule has 16 heteroatoms. The molecule has 2 saturated heterocycles. The minimum atomic E-state index is -4.77. The zero-order chi connectivity index (χ0) is 40.9. The van der Waals surface area contributed by atoms with Crippen LogP contribution < -0.4 is 10.3 Å². The van der Waals surface area contributed by atoms with E-state index >= 15 is 4.79 Å². The summed E-state index contributed by atoms with van der Waals surface area (Å²) in [6.07, 6.45) is -2.45. The molecule has 0 radical (unpaired) electrons. The number of imide groups is 2. The molecule has 8 rings (SSSR count). The second-order valence-corrected chi connectivity index (χ2v) is 15.6. The minimum absolute atomic E-state index is 0.0110. The summed E-state index contributed by atoms with van der Waals surface area (Å²) in [5.41, 5.74) is 2.07. The molecular weight excluding hydrogens is 788 g/mol. The fourth-order valence-electron chi connectivity index (χ4n) is 9.35. The van der Waals surface area contributed by atoms with Crippen LogP contribution in [0.25, 0.3) is 0 Å². The van der Waals surface area contributed by atoms with E-state index in [0.717, 1.165) is 4.90 Å². The molecule has 4 aliphatic rings. The zero-order valence-electron chi connectivity index (χ0n) is 30.0. The van der Waals surface area contributed by atoms with Gasteiger partial charge in [-0.2, -0.15) is 18.2 Å². The van der Waals surface area contributed by atoms with Crippen molar-refractivity contribution >= 4 is 64.3 Å². The molecule has 1 saturated carbocycles. The number of carboxylic acids is 1. The predicted octanol–water partition coefficient (Wildman–Crippen LogP) is 7.62. The fraction of sp³-hybridized carbons (Fsp3) is 0.268. The maximum absolute atomic E-state index is 15.4. The highest BCUT2D eigenvalue weighted by Crippen LogP contribution is 2.64. The summed E-state index contributed by atoms with van der Waals surface area (Å²) < 4.78 is 40.5. The van der Waals surface area contributed by atoms with Gasteiger partial charge in [-0.25, -0.2) is 9.78 Å². The van der Waals surface area contributed by atoms with Crippen molar-refractivity contribution < 1.29 is 47.4 Å². The number of pyridine rings is 1. The molecule has 3 aromatic carbocycles. The van der Waals surface area contributed by atoms with Crippen molar-refractivity contribution in [2.24, 2.45) is 23.7 Å². The summed E-state index contributed by atoms with van der Waals surface area (Å²) in [6, 6.07) is 15.9. The van der Waals surface area contributed by atoms with Gasteiger partial charge in [0.1, 0.15) is 5.75 Å². The number of aromatic nitrogens is 1. The number of carbonyl (C=O) groups excluding carboxylic acids is 4.